The zero-order valence-electron chi connectivity index (χ0n) is 12.2. The van der Waals surface area contributed by atoms with Crippen LogP contribution in [0.25, 0.3) is 0 Å². The van der Waals surface area contributed by atoms with Crippen LogP contribution in [0.5, 0.6) is 5.75 Å². The molecule has 4 nitrogen and oxygen atoms in total. The first-order chi connectivity index (χ1) is 9.68. The Morgan fingerprint density at radius 3 is 2.70 bits per heavy atom. The summed E-state index contributed by atoms with van der Waals surface area (Å²) in [7, 11) is 0. The number of ether oxygens (including phenoxy) is 2. The number of para-hydroxylation sites is 1. The van der Waals surface area contributed by atoms with Crippen LogP contribution in [0, 0.1) is 0 Å². The number of morpholine rings is 1. The van der Waals surface area contributed by atoms with Crippen molar-refractivity contribution in [3.63, 3.8) is 0 Å². The van der Waals surface area contributed by atoms with E-state index in [-0.39, 0.29) is 6.04 Å². The molecule has 1 aromatic carbocycles. The predicted octanol–water partition coefficient (Wildman–Crippen LogP) is 1.94. The van der Waals surface area contributed by atoms with Crippen molar-refractivity contribution < 1.29 is 14.6 Å². The molecule has 0 bridgehead atoms. The Morgan fingerprint density at radius 1 is 1.25 bits per heavy atom. The maximum Gasteiger partial charge on any atom is 0.128 e. The summed E-state index contributed by atoms with van der Waals surface area (Å²) in [6.07, 6.45) is -0.476. The number of fused-ring (bicyclic) bond motifs is 1. The van der Waals surface area contributed by atoms with Crippen LogP contribution in [0.15, 0.2) is 18.2 Å². The van der Waals surface area contributed by atoms with E-state index in [4.69, 9.17) is 9.47 Å². The van der Waals surface area contributed by atoms with Gasteiger partial charge in [-0.25, -0.2) is 0 Å². The van der Waals surface area contributed by atoms with E-state index in [9.17, 15) is 5.11 Å². The highest BCUT2D eigenvalue weighted by atomic mass is 16.5. The molecule has 0 amide bonds. The second-order valence-electron chi connectivity index (χ2n) is 5.89. The first-order valence-electron chi connectivity index (χ1n) is 7.44. The van der Waals surface area contributed by atoms with E-state index in [1.54, 1.807) is 0 Å². The lowest BCUT2D eigenvalue weighted by molar-refractivity contribution is -0.0456. The van der Waals surface area contributed by atoms with E-state index >= 15 is 0 Å². The monoisotopic (exact) mass is 277 g/mol. The Kier molecular flexibility index (Phi) is 3.96. The third-order valence-corrected chi connectivity index (χ3v) is 4.29. The molecular weight excluding hydrogens is 254 g/mol. The Bertz CT molecular complexity index is 469. The van der Waals surface area contributed by atoms with Crippen LogP contribution in [0.3, 0.4) is 0 Å². The quantitative estimate of drug-likeness (QED) is 0.897. The van der Waals surface area contributed by atoms with Gasteiger partial charge in [0.25, 0.3) is 0 Å². The second kappa shape index (κ2) is 5.72. The summed E-state index contributed by atoms with van der Waals surface area (Å²) in [5, 5.41) is 10.7. The summed E-state index contributed by atoms with van der Waals surface area (Å²) >= 11 is 0. The van der Waals surface area contributed by atoms with Gasteiger partial charge in [0.1, 0.15) is 18.5 Å². The summed E-state index contributed by atoms with van der Waals surface area (Å²) in [4.78, 5) is 2.28. The second-order valence-corrected chi connectivity index (χ2v) is 5.89. The fraction of sp³-hybridized carbons (Fsp3) is 0.625. The van der Waals surface area contributed by atoms with Gasteiger partial charge in [-0.15, -0.1) is 0 Å². The number of nitrogens with zero attached hydrogens (tertiary/aromatic N) is 1. The van der Waals surface area contributed by atoms with Gasteiger partial charge >= 0.3 is 0 Å². The molecule has 1 saturated heterocycles. The molecule has 2 aliphatic rings. The minimum Gasteiger partial charge on any atom is -0.491 e. The zero-order valence-corrected chi connectivity index (χ0v) is 12.2. The van der Waals surface area contributed by atoms with Crippen LogP contribution < -0.4 is 4.74 Å². The zero-order chi connectivity index (χ0) is 14.1. The average molecular weight is 277 g/mol. The minimum absolute atomic E-state index is 0.0359. The summed E-state index contributed by atoms with van der Waals surface area (Å²) in [6, 6.07) is 6.13. The molecule has 0 spiro atoms. The Morgan fingerprint density at radius 2 is 2.00 bits per heavy atom. The van der Waals surface area contributed by atoms with Crippen LogP contribution in [-0.4, -0.2) is 49.0 Å². The highest BCUT2D eigenvalue weighted by Crippen LogP contribution is 2.39. The van der Waals surface area contributed by atoms with Crippen molar-refractivity contribution in [3.05, 3.63) is 29.3 Å². The van der Waals surface area contributed by atoms with Gasteiger partial charge < -0.3 is 14.6 Å². The number of aliphatic hydroxyl groups is 1. The molecule has 2 unspecified atom stereocenters. The van der Waals surface area contributed by atoms with Gasteiger partial charge in [-0.05, 0) is 11.5 Å². The SMILES string of the molecule is CC(C)c1cccc2c1OCC(N1CCOCC1)C2O. The molecule has 110 valence electrons. The first kappa shape index (κ1) is 13.9. The maximum absolute atomic E-state index is 10.7. The molecule has 20 heavy (non-hydrogen) atoms. The Balaban J connectivity index is 1.87. The molecule has 4 heteroatoms. The van der Waals surface area contributed by atoms with Gasteiger partial charge in [0.05, 0.1) is 19.3 Å². The van der Waals surface area contributed by atoms with Crippen molar-refractivity contribution in [2.24, 2.45) is 0 Å². The van der Waals surface area contributed by atoms with Gasteiger partial charge in [-0.2, -0.15) is 0 Å². The van der Waals surface area contributed by atoms with Gasteiger partial charge in [0, 0.05) is 18.7 Å². The van der Waals surface area contributed by atoms with E-state index in [0.29, 0.717) is 12.5 Å². The lowest BCUT2D eigenvalue weighted by Crippen LogP contribution is -2.50. The van der Waals surface area contributed by atoms with Gasteiger partial charge in [-0.3, -0.25) is 4.90 Å². The normalized spacial score (nSPS) is 27.2. The van der Waals surface area contributed by atoms with Crippen LogP contribution in [0.1, 0.15) is 37.0 Å². The third-order valence-electron chi connectivity index (χ3n) is 4.29. The Hall–Kier alpha value is -1.10. The van der Waals surface area contributed by atoms with Crippen LogP contribution in [0.4, 0.5) is 0 Å². The molecule has 1 fully saturated rings. The fourth-order valence-electron chi connectivity index (χ4n) is 3.11. The van der Waals surface area contributed by atoms with Crippen LogP contribution in [0.2, 0.25) is 0 Å². The minimum atomic E-state index is -0.476. The number of benzene rings is 1. The number of hydrogen-bond donors (Lipinski definition) is 1. The van der Waals surface area contributed by atoms with E-state index in [1.165, 1.54) is 5.56 Å². The third kappa shape index (κ3) is 2.43. The molecule has 3 rings (SSSR count). The highest BCUT2D eigenvalue weighted by Gasteiger charge is 2.35. The van der Waals surface area contributed by atoms with Crippen LogP contribution >= 0.6 is 0 Å². The van der Waals surface area contributed by atoms with Gasteiger partial charge in [0.15, 0.2) is 0 Å². The number of hydrogen-bond acceptors (Lipinski definition) is 4. The molecule has 2 heterocycles. The average Bonchev–Trinajstić information content (AvgIpc) is 2.48. The smallest absolute Gasteiger partial charge is 0.128 e. The fourth-order valence-corrected chi connectivity index (χ4v) is 3.11. The van der Waals surface area contributed by atoms with Crippen molar-refractivity contribution in [1.29, 1.82) is 0 Å². The first-order valence-corrected chi connectivity index (χ1v) is 7.44. The Labute approximate surface area is 120 Å². The van der Waals surface area contributed by atoms with E-state index in [1.807, 2.05) is 12.1 Å². The predicted molar refractivity (Wildman–Crippen MR) is 77.2 cm³/mol. The van der Waals surface area contributed by atoms with Crippen molar-refractivity contribution in [2.45, 2.75) is 31.9 Å². The molecule has 2 aliphatic heterocycles. The maximum atomic E-state index is 10.7. The van der Waals surface area contributed by atoms with Crippen molar-refractivity contribution in [2.75, 3.05) is 32.9 Å². The molecule has 0 aromatic heterocycles. The molecule has 1 N–H and O–H groups in total. The van der Waals surface area contributed by atoms with Gasteiger partial charge in [-0.1, -0.05) is 32.0 Å². The molecule has 0 saturated carbocycles. The van der Waals surface area contributed by atoms with Crippen LogP contribution in [-0.2, 0) is 4.74 Å². The number of aliphatic hydroxyl groups excluding tert-OH is 1. The molecule has 2 atom stereocenters. The summed E-state index contributed by atoms with van der Waals surface area (Å²) in [5.74, 6) is 1.29. The lowest BCUT2D eigenvalue weighted by Gasteiger charge is -2.40. The molecular formula is C16H23NO3. The summed E-state index contributed by atoms with van der Waals surface area (Å²) < 4.78 is 11.4. The number of rotatable bonds is 2. The van der Waals surface area contributed by atoms with E-state index in [0.717, 1.165) is 37.6 Å². The standard InChI is InChI=1S/C16H23NO3/c1-11(2)12-4-3-5-13-15(18)14(10-20-16(12)13)17-6-8-19-9-7-17/h3-5,11,14-15,18H,6-10H2,1-2H3. The van der Waals surface area contributed by atoms with Crippen molar-refractivity contribution in [1.82, 2.24) is 4.90 Å². The van der Waals surface area contributed by atoms with Crippen molar-refractivity contribution >= 4 is 0 Å². The topological polar surface area (TPSA) is 41.9 Å². The van der Waals surface area contributed by atoms with Crippen molar-refractivity contribution in [3.8, 4) is 5.75 Å². The van der Waals surface area contributed by atoms with E-state index < -0.39 is 6.10 Å². The van der Waals surface area contributed by atoms with Gasteiger partial charge in [0.2, 0.25) is 0 Å². The molecule has 1 aromatic rings. The molecule has 0 aliphatic carbocycles. The molecule has 0 radical (unpaired) electrons. The van der Waals surface area contributed by atoms with E-state index in [2.05, 4.69) is 24.8 Å². The highest BCUT2D eigenvalue weighted by molar-refractivity contribution is 5.46. The summed E-state index contributed by atoms with van der Waals surface area (Å²) in [6.45, 7) is 8.07. The largest absolute Gasteiger partial charge is 0.491 e. The lowest BCUT2D eigenvalue weighted by atomic mass is 9.92. The summed E-state index contributed by atoms with van der Waals surface area (Å²) in [5.41, 5.74) is 2.11.